The third kappa shape index (κ3) is 1.69. The Balaban J connectivity index is 1.82. The number of hydrogen-bond donors (Lipinski definition) is 2. The second kappa shape index (κ2) is 3.82. The first-order valence-corrected chi connectivity index (χ1v) is 6.48. The van der Waals surface area contributed by atoms with Crippen molar-refractivity contribution in [1.82, 2.24) is 5.32 Å². The standard InChI is InChI=1S/C13H21NO/c15-13-5-1-3-9-8-12-10(7-11(9)13)4-2-6-14-12/h8-11,13-15H,1-7H2. The molecule has 2 aliphatic carbocycles. The number of aliphatic hydroxyl groups excluding tert-OH is 1. The number of aliphatic hydroxyl groups is 1. The molecule has 0 radical (unpaired) electrons. The summed E-state index contributed by atoms with van der Waals surface area (Å²) in [4.78, 5) is 0. The number of piperidine rings is 1. The van der Waals surface area contributed by atoms with Gasteiger partial charge in [-0.1, -0.05) is 12.5 Å². The molecule has 4 atom stereocenters. The minimum absolute atomic E-state index is 0.0246. The van der Waals surface area contributed by atoms with Crippen LogP contribution in [-0.2, 0) is 0 Å². The zero-order valence-corrected chi connectivity index (χ0v) is 9.28. The molecule has 1 saturated carbocycles. The van der Waals surface area contributed by atoms with Gasteiger partial charge in [0.05, 0.1) is 6.10 Å². The van der Waals surface area contributed by atoms with Gasteiger partial charge in [0.25, 0.3) is 0 Å². The van der Waals surface area contributed by atoms with Crippen molar-refractivity contribution in [3.05, 3.63) is 11.8 Å². The maximum Gasteiger partial charge on any atom is 0.0574 e. The maximum absolute atomic E-state index is 10.0. The summed E-state index contributed by atoms with van der Waals surface area (Å²) in [6, 6.07) is 0. The van der Waals surface area contributed by atoms with Gasteiger partial charge in [-0.15, -0.1) is 0 Å². The van der Waals surface area contributed by atoms with Gasteiger partial charge in [0.15, 0.2) is 0 Å². The first kappa shape index (κ1) is 9.71. The Morgan fingerprint density at radius 3 is 3.07 bits per heavy atom. The molecule has 0 spiro atoms. The van der Waals surface area contributed by atoms with Crippen molar-refractivity contribution in [3.8, 4) is 0 Å². The lowest BCUT2D eigenvalue weighted by molar-refractivity contribution is 0.0267. The Bertz CT molecular complexity index is 274. The molecule has 0 amide bonds. The summed E-state index contributed by atoms with van der Waals surface area (Å²) < 4.78 is 0. The third-order valence-corrected chi connectivity index (χ3v) is 4.53. The van der Waals surface area contributed by atoms with Crippen LogP contribution in [0.2, 0.25) is 0 Å². The van der Waals surface area contributed by atoms with E-state index in [9.17, 15) is 5.11 Å². The molecule has 2 N–H and O–H groups in total. The predicted molar refractivity (Wildman–Crippen MR) is 60.3 cm³/mol. The van der Waals surface area contributed by atoms with Gasteiger partial charge >= 0.3 is 0 Å². The fourth-order valence-electron chi connectivity index (χ4n) is 3.70. The summed E-state index contributed by atoms with van der Waals surface area (Å²) in [5.74, 6) is 1.95. The van der Waals surface area contributed by atoms with Crippen LogP contribution in [-0.4, -0.2) is 17.8 Å². The quantitative estimate of drug-likeness (QED) is 0.637. The van der Waals surface area contributed by atoms with Gasteiger partial charge in [-0.25, -0.2) is 0 Å². The zero-order chi connectivity index (χ0) is 10.3. The Morgan fingerprint density at radius 2 is 2.13 bits per heavy atom. The van der Waals surface area contributed by atoms with E-state index in [1.807, 2.05) is 0 Å². The average Bonchev–Trinajstić information content (AvgIpc) is 2.27. The highest BCUT2D eigenvalue weighted by Crippen LogP contribution is 2.43. The van der Waals surface area contributed by atoms with Crippen molar-refractivity contribution in [2.75, 3.05) is 6.54 Å². The van der Waals surface area contributed by atoms with Crippen LogP contribution in [0.25, 0.3) is 0 Å². The summed E-state index contributed by atoms with van der Waals surface area (Å²) in [6.45, 7) is 1.16. The molecule has 2 fully saturated rings. The molecular formula is C13H21NO. The van der Waals surface area contributed by atoms with E-state index in [1.165, 1.54) is 37.8 Å². The maximum atomic E-state index is 10.0. The van der Waals surface area contributed by atoms with Crippen molar-refractivity contribution >= 4 is 0 Å². The van der Waals surface area contributed by atoms with Crippen LogP contribution in [0, 0.1) is 17.8 Å². The van der Waals surface area contributed by atoms with Gasteiger partial charge in [-0.05, 0) is 49.9 Å². The van der Waals surface area contributed by atoms with E-state index in [2.05, 4.69) is 11.4 Å². The molecule has 0 aromatic carbocycles. The lowest BCUT2D eigenvalue weighted by atomic mass is 9.67. The average molecular weight is 207 g/mol. The first-order chi connectivity index (χ1) is 7.34. The van der Waals surface area contributed by atoms with Crippen molar-refractivity contribution in [3.63, 3.8) is 0 Å². The van der Waals surface area contributed by atoms with E-state index in [0.717, 1.165) is 18.9 Å². The van der Waals surface area contributed by atoms with Crippen LogP contribution < -0.4 is 5.32 Å². The van der Waals surface area contributed by atoms with Crippen LogP contribution in [0.4, 0.5) is 0 Å². The van der Waals surface area contributed by atoms with Crippen molar-refractivity contribution < 1.29 is 5.11 Å². The van der Waals surface area contributed by atoms with Gasteiger partial charge in [0.1, 0.15) is 0 Å². The summed E-state index contributed by atoms with van der Waals surface area (Å²) in [7, 11) is 0. The molecule has 3 aliphatic rings. The van der Waals surface area contributed by atoms with Crippen LogP contribution in [0.5, 0.6) is 0 Å². The zero-order valence-electron chi connectivity index (χ0n) is 9.28. The number of nitrogens with one attached hydrogen (secondary N) is 1. The molecule has 4 unspecified atom stereocenters. The predicted octanol–water partition coefficient (Wildman–Crippen LogP) is 2.05. The van der Waals surface area contributed by atoms with Gasteiger partial charge in [0.2, 0.25) is 0 Å². The molecule has 1 aliphatic heterocycles. The highest BCUT2D eigenvalue weighted by Gasteiger charge is 2.37. The fourth-order valence-corrected chi connectivity index (χ4v) is 3.70. The van der Waals surface area contributed by atoms with E-state index in [0.29, 0.717) is 11.8 Å². The van der Waals surface area contributed by atoms with Crippen LogP contribution in [0.15, 0.2) is 11.8 Å². The number of allylic oxidation sites excluding steroid dienone is 2. The molecule has 84 valence electrons. The Kier molecular flexibility index (Phi) is 2.47. The fraction of sp³-hybridized carbons (Fsp3) is 0.846. The lowest BCUT2D eigenvalue weighted by Crippen LogP contribution is -2.40. The van der Waals surface area contributed by atoms with E-state index in [1.54, 1.807) is 0 Å². The molecular weight excluding hydrogens is 186 g/mol. The summed E-state index contributed by atoms with van der Waals surface area (Å²) in [5, 5.41) is 13.6. The Morgan fingerprint density at radius 1 is 1.20 bits per heavy atom. The second-order valence-corrected chi connectivity index (χ2v) is 5.45. The van der Waals surface area contributed by atoms with E-state index < -0.39 is 0 Å². The molecule has 0 aromatic rings. The number of rotatable bonds is 0. The molecule has 1 heterocycles. The largest absolute Gasteiger partial charge is 0.393 e. The Labute approximate surface area is 91.8 Å². The number of fused-ring (bicyclic) bond motifs is 2. The van der Waals surface area contributed by atoms with Gasteiger partial charge in [-0.3, -0.25) is 0 Å². The molecule has 0 bridgehead atoms. The third-order valence-electron chi connectivity index (χ3n) is 4.53. The normalized spacial score (nSPS) is 44.7. The summed E-state index contributed by atoms with van der Waals surface area (Å²) in [6.07, 6.45) is 9.81. The molecule has 1 saturated heterocycles. The SMILES string of the molecule is OC1CCCC2C=C3NCCCC3CC12. The van der Waals surface area contributed by atoms with Crippen LogP contribution >= 0.6 is 0 Å². The smallest absolute Gasteiger partial charge is 0.0574 e. The number of hydrogen-bond acceptors (Lipinski definition) is 2. The minimum Gasteiger partial charge on any atom is -0.393 e. The minimum atomic E-state index is -0.0246. The molecule has 3 rings (SSSR count). The molecule has 2 nitrogen and oxygen atoms in total. The second-order valence-electron chi connectivity index (χ2n) is 5.45. The Hall–Kier alpha value is -0.500. The first-order valence-electron chi connectivity index (χ1n) is 6.48. The van der Waals surface area contributed by atoms with E-state index in [4.69, 9.17) is 0 Å². The van der Waals surface area contributed by atoms with E-state index >= 15 is 0 Å². The highest BCUT2D eigenvalue weighted by molar-refractivity contribution is 5.15. The molecule has 15 heavy (non-hydrogen) atoms. The summed E-state index contributed by atoms with van der Waals surface area (Å²) in [5.41, 5.74) is 1.50. The monoisotopic (exact) mass is 207 g/mol. The summed E-state index contributed by atoms with van der Waals surface area (Å²) >= 11 is 0. The lowest BCUT2D eigenvalue weighted by Gasteiger charge is -2.42. The van der Waals surface area contributed by atoms with Crippen molar-refractivity contribution in [1.29, 1.82) is 0 Å². The van der Waals surface area contributed by atoms with Gasteiger partial charge < -0.3 is 10.4 Å². The van der Waals surface area contributed by atoms with E-state index in [-0.39, 0.29) is 6.10 Å². The van der Waals surface area contributed by atoms with Gasteiger partial charge in [-0.2, -0.15) is 0 Å². The molecule has 0 aromatic heterocycles. The van der Waals surface area contributed by atoms with Gasteiger partial charge in [0, 0.05) is 12.2 Å². The van der Waals surface area contributed by atoms with Crippen molar-refractivity contribution in [2.24, 2.45) is 17.8 Å². The van der Waals surface area contributed by atoms with Crippen LogP contribution in [0.1, 0.15) is 38.5 Å². The molecule has 2 heteroatoms. The van der Waals surface area contributed by atoms with Crippen LogP contribution in [0.3, 0.4) is 0 Å². The highest BCUT2D eigenvalue weighted by atomic mass is 16.3. The van der Waals surface area contributed by atoms with Crippen molar-refractivity contribution in [2.45, 2.75) is 44.6 Å². The topological polar surface area (TPSA) is 32.3 Å².